The zero-order valence-corrected chi connectivity index (χ0v) is 12.7. The van der Waals surface area contributed by atoms with E-state index in [-0.39, 0.29) is 5.91 Å². The smallest absolute Gasteiger partial charge is 0.251 e. The first-order valence-electron chi connectivity index (χ1n) is 7.49. The number of hydrogen-bond acceptors (Lipinski definition) is 3. The molecule has 0 unspecified atom stereocenters. The number of rotatable bonds is 6. The van der Waals surface area contributed by atoms with Gasteiger partial charge < -0.3 is 10.1 Å². The van der Waals surface area contributed by atoms with Gasteiger partial charge in [-0.3, -0.25) is 9.69 Å². The van der Waals surface area contributed by atoms with Gasteiger partial charge in [0.1, 0.15) is 12.4 Å². The molecule has 0 saturated carbocycles. The van der Waals surface area contributed by atoms with Crippen molar-refractivity contribution in [3.8, 4) is 5.75 Å². The number of benzene rings is 2. The van der Waals surface area contributed by atoms with E-state index in [1.807, 2.05) is 24.3 Å². The number of nitrogens with one attached hydrogen (secondary N) is 1. The van der Waals surface area contributed by atoms with Gasteiger partial charge in [-0.05, 0) is 36.4 Å². The quantitative estimate of drug-likeness (QED) is 0.890. The molecule has 2 aromatic rings. The van der Waals surface area contributed by atoms with Crippen molar-refractivity contribution in [2.24, 2.45) is 0 Å². The molecule has 22 heavy (non-hydrogen) atoms. The summed E-state index contributed by atoms with van der Waals surface area (Å²) >= 11 is 0. The van der Waals surface area contributed by atoms with Crippen LogP contribution in [0.4, 0.5) is 0 Å². The second-order valence-electron chi connectivity index (χ2n) is 5.57. The Labute approximate surface area is 130 Å². The summed E-state index contributed by atoms with van der Waals surface area (Å²) in [5.74, 6) is 0.826. The minimum Gasteiger partial charge on any atom is -0.492 e. The predicted octanol–water partition coefficient (Wildman–Crippen LogP) is 2.44. The molecule has 1 aliphatic rings. The third-order valence-corrected chi connectivity index (χ3v) is 3.80. The molecule has 4 nitrogen and oxygen atoms in total. The van der Waals surface area contributed by atoms with Crippen molar-refractivity contribution < 1.29 is 9.53 Å². The Balaban J connectivity index is 1.48. The van der Waals surface area contributed by atoms with Gasteiger partial charge in [-0.2, -0.15) is 0 Å². The van der Waals surface area contributed by atoms with Crippen molar-refractivity contribution in [2.45, 2.75) is 13.1 Å². The van der Waals surface area contributed by atoms with Crippen LogP contribution in [0.3, 0.4) is 0 Å². The third kappa shape index (κ3) is 3.46. The molecule has 4 heteroatoms. The van der Waals surface area contributed by atoms with Crippen LogP contribution >= 0.6 is 0 Å². The average Bonchev–Trinajstić information content (AvgIpc) is 2.89. The first-order valence-corrected chi connectivity index (χ1v) is 7.49. The van der Waals surface area contributed by atoms with Crippen LogP contribution in [0.15, 0.2) is 48.5 Å². The molecular formula is C18H20N2O2. The number of likely N-dealkylation sites (N-methyl/N-ethyl adjacent to an activating group) is 1. The van der Waals surface area contributed by atoms with Gasteiger partial charge in [0.25, 0.3) is 5.91 Å². The first-order chi connectivity index (χ1) is 10.7. The SMILES string of the molecule is CN(CCOc1ccc2c(c1)CNC2=O)Cc1ccccc1. The van der Waals surface area contributed by atoms with Crippen LogP contribution in [0.25, 0.3) is 0 Å². The molecular weight excluding hydrogens is 276 g/mol. The predicted molar refractivity (Wildman–Crippen MR) is 85.9 cm³/mol. The molecule has 1 amide bonds. The summed E-state index contributed by atoms with van der Waals surface area (Å²) in [5.41, 5.74) is 3.07. The number of carbonyl (C=O) groups is 1. The van der Waals surface area contributed by atoms with Crippen molar-refractivity contribution in [1.82, 2.24) is 10.2 Å². The fourth-order valence-corrected chi connectivity index (χ4v) is 2.59. The van der Waals surface area contributed by atoms with Gasteiger partial charge in [-0.1, -0.05) is 30.3 Å². The number of carbonyl (C=O) groups excluding carboxylic acids is 1. The van der Waals surface area contributed by atoms with Crippen molar-refractivity contribution in [2.75, 3.05) is 20.2 Å². The molecule has 2 aromatic carbocycles. The highest BCUT2D eigenvalue weighted by Crippen LogP contribution is 2.21. The zero-order chi connectivity index (χ0) is 15.4. The van der Waals surface area contributed by atoms with Crippen molar-refractivity contribution in [3.05, 3.63) is 65.2 Å². The Morgan fingerprint density at radius 2 is 2.00 bits per heavy atom. The van der Waals surface area contributed by atoms with Gasteiger partial charge in [0.2, 0.25) is 0 Å². The van der Waals surface area contributed by atoms with Crippen molar-refractivity contribution in [1.29, 1.82) is 0 Å². The van der Waals surface area contributed by atoms with E-state index in [1.165, 1.54) is 5.56 Å². The highest BCUT2D eigenvalue weighted by atomic mass is 16.5. The summed E-state index contributed by atoms with van der Waals surface area (Å²) in [7, 11) is 2.08. The molecule has 0 bridgehead atoms. The summed E-state index contributed by atoms with van der Waals surface area (Å²) in [5, 5.41) is 2.81. The van der Waals surface area contributed by atoms with Crippen LogP contribution in [-0.4, -0.2) is 31.0 Å². The van der Waals surface area contributed by atoms with E-state index in [0.717, 1.165) is 30.0 Å². The maximum absolute atomic E-state index is 11.5. The maximum atomic E-state index is 11.5. The molecule has 0 spiro atoms. The van der Waals surface area contributed by atoms with E-state index < -0.39 is 0 Å². The number of ether oxygens (including phenoxy) is 1. The number of hydrogen-bond donors (Lipinski definition) is 1. The Kier molecular flexibility index (Phi) is 4.39. The monoisotopic (exact) mass is 296 g/mol. The molecule has 0 radical (unpaired) electrons. The van der Waals surface area contributed by atoms with Crippen LogP contribution < -0.4 is 10.1 Å². The molecule has 1 N–H and O–H groups in total. The van der Waals surface area contributed by atoms with Crippen LogP contribution in [0.5, 0.6) is 5.75 Å². The largest absolute Gasteiger partial charge is 0.492 e. The second kappa shape index (κ2) is 6.62. The van der Waals surface area contributed by atoms with E-state index >= 15 is 0 Å². The first kappa shape index (κ1) is 14.6. The van der Waals surface area contributed by atoms with Crippen LogP contribution in [-0.2, 0) is 13.1 Å². The molecule has 1 heterocycles. The molecule has 0 aromatic heterocycles. The minimum atomic E-state index is 0.00384. The normalized spacial score (nSPS) is 13.1. The Hall–Kier alpha value is -2.33. The topological polar surface area (TPSA) is 41.6 Å². The second-order valence-corrected chi connectivity index (χ2v) is 5.57. The Morgan fingerprint density at radius 1 is 1.18 bits per heavy atom. The zero-order valence-electron chi connectivity index (χ0n) is 12.7. The molecule has 114 valence electrons. The molecule has 1 aliphatic heterocycles. The fourth-order valence-electron chi connectivity index (χ4n) is 2.59. The van der Waals surface area contributed by atoms with Crippen LogP contribution in [0, 0.1) is 0 Å². The number of amides is 1. The molecule has 0 atom stereocenters. The van der Waals surface area contributed by atoms with Crippen molar-refractivity contribution in [3.63, 3.8) is 0 Å². The van der Waals surface area contributed by atoms with Gasteiger partial charge in [0.15, 0.2) is 0 Å². The molecule has 0 fully saturated rings. The van der Waals surface area contributed by atoms with E-state index in [2.05, 4.69) is 41.5 Å². The lowest BCUT2D eigenvalue weighted by molar-refractivity contribution is 0.0966. The summed E-state index contributed by atoms with van der Waals surface area (Å²) < 4.78 is 5.79. The Bertz CT molecular complexity index is 655. The van der Waals surface area contributed by atoms with Crippen LogP contribution in [0.2, 0.25) is 0 Å². The summed E-state index contributed by atoms with van der Waals surface area (Å²) in [6, 6.07) is 16.0. The lowest BCUT2D eigenvalue weighted by Gasteiger charge is -2.17. The highest BCUT2D eigenvalue weighted by Gasteiger charge is 2.18. The Morgan fingerprint density at radius 3 is 2.82 bits per heavy atom. The third-order valence-electron chi connectivity index (χ3n) is 3.80. The van der Waals surface area contributed by atoms with Gasteiger partial charge in [-0.25, -0.2) is 0 Å². The summed E-state index contributed by atoms with van der Waals surface area (Å²) in [4.78, 5) is 13.7. The van der Waals surface area contributed by atoms with E-state index in [1.54, 1.807) is 0 Å². The lowest BCUT2D eigenvalue weighted by atomic mass is 10.1. The van der Waals surface area contributed by atoms with E-state index in [4.69, 9.17) is 4.74 Å². The maximum Gasteiger partial charge on any atom is 0.251 e. The minimum absolute atomic E-state index is 0.00384. The van der Waals surface area contributed by atoms with E-state index in [9.17, 15) is 4.79 Å². The van der Waals surface area contributed by atoms with Gasteiger partial charge in [0.05, 0.1) is 0 Å². The van der Waals surface area contributed by atoms with Gasteiger partial charge in [-0.15, -0.1) is 0 Å². The molecule has 0 aliphatic carbocycles. The lowest BCUT2D eigenvalue weighted by Crippen LogP contribution is -2.23. The molecule has 0 saturated heterocycles. The van der Waals surface area contributed by atoms with Crippen LogP contribution in [0.1, 0.15) is 21.5 Å². The fraction of sp³-hybridized carbons (Fsp3) is 0.278. The average molecular weight is 296 g/mol. The highest BCUT2D eigenvalue weighted by molar-refractivity contribution is 5.98. The summed E-state index contributed by atoms with van der Waals surface area (Å²) in [6.45, 7) is 2.98. The van der Waals surface area contributed by atoms with E-state index in [0.29, 0.717) is 13.2 Å². The standard InChI is InChI=1S/C18H20N2O2/c1-20(13-14-5-3-2-4-6-14)9-10-22-16-7-8-17-15(11-16)12-19-18(17)21/h2-8,11H,9-10,12-13H2,1H3,(H,19,21). The summed E-state index contributed by atoms with van der Waals surface area (Å²) in [6.07, 6.45) is 0. The van der Waals surface area contributed by atoms with Crippen molar-refractivity contribution >= 4 is 5.91 Å². The number of nitrogens with zero attached hydrogens (tertiary/aromatic N) is 1. The van der Waals surface area contributed by atoms with Gasteiger partial charge >= 0.3 is 0 Å². The number of fused-ring (bicyclic) bond motifs is 1. The van der Waals surface area contributed by atoms with Gasteiger partial charge in [0, 0.05) is 25.2 Å². The molecule has 3 rings (SSSR count).